The largest absolute Gasteiger partial charge is 0.456 e. The highest BCUT2D eigenvalue weighted by atomic mass is 16.3. The molecule has 13 aromatic carbocycles. The van der Waals surface area contributed by atoms with Crippen LogP contribution in [0.5, 0.6) is 0 Å². The Morgan fingerprint density at radius 1 is 0.263 bits per heavy atom. The lowest BCUT2D eigenvalue weighted by atomic mass is 9.83. The van der Waals surface area contributed by atoms with Gasteiger partial charge in [0.05, 0.1) is 22.1 Å². The van der Waals surface area contributed by atoms with Gasteiger partial charge in [-0.25, -0.2) is 0 Å². The zero-order valence-electron chi connectivity index (χ0n) is 43.0. The topological polar surface area (TPSA) is 49.0 Å². The van der Waals surface area contributed by atoms with Crippen LogP contribution in [0.2, 0.25) is 0 Å². The van der Waals surface area contributed by atoms with Gasteiger partial charge in [-0.05, 0) is 156 Å². The number of fused-ring (bicyclic) bond motifs is 17. The maximum absolute atomic E-state index is 6.49. The van der Waals surface area contributed by atoms with Gasteiger partial charge in [0.2, 0.25) is 0 Å². The Labute approximate surface area is 457 Å². The van der Waals surface area contributed by atoms with Gasteiger partial charge in [0.25, 0.3) is 0 Å². The first kappa shape index (κ1) is 43.4. The van der Waals surface area contributed by atoms with Crippen molar-refractivity contribution in [2.24, 2.45) is 0 Å². The van der Waals surface area contributed by atoms with E-state index in [4.69, 9.17) is 8.83 Å². The third-order valence-electron chi connectivity index (χ3n) is 17.1. The van der Waals surface area contributed by atoms with Crippen molar-refractivity contribution in [2.75, 3.05) is 0 Å². The van der Waals surface area contributed by atoms with Gasteiger partial charge in [-0.1, -0.05) is 152 Å². The summed E-state index contributed by atoms with van der Waals surface area (Å²) in [6, 6.07) is 91.0. The van der Waals surface area contributed by atoms with Crippen LogP contribution in [0, 0.1) is 0 Å². The summed E-state index contributed by atoms with van der Waals surface area (Å²) in [5.74, 6) is 0. The van der Waals surface area contributed by atoms with Crippen LogP contribution < -0.4 is 0 Å². The Morgan fingerprint density at radius 2 is 0.713 bits per heavy atom. The van der Waals surface area contributed by atoms with Crippen molar-refractivity contribution in [1.29, 1.82) is 0 Å². The maximum Gasteiger partial charge on any atom is 0.137 e. The monoisotopic (exact) mass is 1020 g/mol. The number of furan rings is 2. The fourth-order valence-corrected chi connectivity index (χ4v) is 13.6. The van der Waals surface area contributed by atoms with Gasteiger partial charge in [-0.15, -0.1) is 0 Å². The van der Waals surface area contributed by atoms with E-state index in [1.54, 1.807) is 0 Å². The van der Waals surface area contributed by atoms with Crippen LogP contribution >= 0.6 is 0 Å². The van der Waals surface area contributed by atoms with E-state index in [2.05, 4.69) is 245 Å². The molecule has 0 bridgehead atoms. The average molecular weight is 1020 g/mol. The molecule has 0 aliphatic carbocycles. The van der Waals surface area contributed by atoms with Crippen LogP contribution in [-0.4, -0.2) is 14.1 Å². The molecular formula is C75H43N3O2. The van der Waals surface area contributed by atoms with Gasteiger partial charge in [0.15, 0.2) is 0 Å². The van der Waals surface area contributed by atoms with Crippen molar-refractivity contribution in [3.8, 4) is 44.8 Å². The molecule has 5 nitrogen and oxygen atoms in total. The lowest BCUT2D eigenvalue weighted by molar-refractivity contribution is 0.669. The first-order valence-electron chi connectivity index (χ1n) is 27.3. The van der Waals surface area contributed by atoms with Crippen molar-refractivity contribution < 1.29 is 8.83 Å². The van der Waals surface area contributed by atoms with Gasteiger partial charge < -0.3 is 18.0 Å². The third-order valence-corrected chi connectivity index (χ3v) is 17.1. The molecule has 5 heterocycles. The summed E-state index contributed by atoms with van der Waals surface area (Å²) >= 11 is 0. The lowest BCUT2D eigenvalue weighted by Crippen LogP contribution is -1.96. The molecular weight excluding hydrogens is 975 g/mol. The average Bonchev–Trinajstić information content (AvgIpc) is 4.36. The second-order valence-corrected chi connectivity index (χ2v) is 21.4. The summed E-state index contributed by atoms with van der Waals surface area (Å²) < 4.78 is 17.8. The molecule has 18 rings (SSSR count). The van der Waals surface area contributed by atoms with Gasteiger partial charge in [0.1, 0.15) is 22.3 Å². The quantitative estimate of drug-likeness (QED) is 0.127. The molecule has 5 aromatic heterocycles. The Hall–Kier alpha value is -10.8. The van der Waals surface area contributed by atoms with Gasteiger partial charge in [-0.3, -0.25) is 4.98 Å². The van der Waals surface area contributed by atoms with Crippen molar-refractivity contribution in [3.63, 3.8) is 0 Å². The minimum atomic E-state index is 0.883. The number of hydrogen-bond acceptors (Lipinski definition) is 3. The van der Waals surface area contributed by atoms with Crippen LogP contribution in [0.4, 0.5) is 0 Å². The number of aromatic nitrogens is 3. The molecule has 0 unspecified atom stereocenters. The predicted molar refractivity (Wildman–Crippen MR) is 334 cm³/mol. The van der Waals surface area contributed by atoms with Gasteiger partial charge in [-0.2, -0.15) is 0 Å². The van der Waals surface area contributed by atoms with Crippen LogP contribution in [0.1, 0.15) is 0 Å². The van der Waals surface area contributed by atoms with E-state index in [1.807, 2.05) is 30.6 Å². The number of pyridine rings is 1. The summed E-state index contributed by atoms with van der Waals surface area (Å²) in [7, 11) is 0. The smallest absolute Gasteiger partial charge is 0.137 e. The molecule has 0 amide bonds. The molecule has 18 aromatic rings. The summed E-state index contributed by atoms with van der Waals surface area (Å²) in [5, 5.41) is 18.9. The molecule has 0 fully saturated rings. The van der Waals surface area contributed by atoms with E-state index in [9.17, 15) is 0 Å². The number of nitrogens with zero attached hydrogens (tertiary/aromatic N) is 3. The highest BCUT2D eigenvalue weighted by molar-refractivity contribution is 6.27. The maximum atomic E-state index is 6.49. The molecule has 0 radical (unpaired) electrons. The molecule has 5 heteroatoms. The van der Waals surface area contributed by atoms with Crippen LogP contribution in [0.3, 0.4) is 0 Å². The van der Waals surface area contributed by atoms with Gasteiger partial charge >= 0.3 is 0 Å². The number of benzene rings is 13. The number of rotatable bonds is 5. The Morgan fingerprint density at radius 3 is 1.24 bits per heavy atom. The van der Waals surface area contributed by atoms with Crippen molar-refractivity contribution in [3.05, 3.63) is 261 Å². The summed E-state index contributed by atoms with van der Waals surface area (Å²) in [4.78, 5) is 4.63. The SMILES string of the molecule is c1cncc(-c2cc3ccccc3c3cc4c(-c5ccc(-n6c7ccccc7c7cc8c(cc76)oc6ccccc68)cc5)c5ccccc5c(-c5ccc(-n6c7ccccc7c7cc8c(cc76)oc6ccccc68)cc5)c4cc23)c1. The highest BCUT2D eigenvalue weighted by Gasteiger charge is 2.23. The second-order valence-electron chi connectivity index (χ2n) is 21.4. The van der Waals surface area contributed by atoms with Crippen molar-refractivity contribution in [2.45, 2.75) is 0 Å². The molecule has 0 N–H and O–H groups in total. The van der Waals surface area contributed by atoms with E-state index in [1.165, 1.54) is 75.8 Å². The van der Waals surface area contributed by atoms with E-state index in [0.29, 0.717) is 0 Å². The van der Waals surface area contributed by atoms with Crippen molar-refractivity contribution in [1.82, 2.24) is 14.1 Å². The summed E-state index contributed by atoms with van der Waals surface area (Å²) in [5.41, 5.74) is 17.2. The van der Waals surface area contributed by atoms with Gasteiger partial charge in [0, 0.05) is 84.6 Å². The molecule has 0 aliphatic rings. The normalized spacial score (nSPS) is 12.2. The zero-order chi connectivity index (χ0) is 52.2. The van der Waals surface area contributed by atoms with Crippen LogP contribution in [0.15, 0.2) is 270 Å². The lowest BCUT2D eigenvalue weighted by Gasteiger charge is -2.20. The molecule has 80 heavy (non-hydrogen) atoms. The van der Waals surface area contributed by atoms with Crippen LogP contribution in [0.25, 0.3) is 175 Å². The second kappa shape index (κ2) is 16.4. The van der Waals surface area contributed by atoms with E-state index in [-0.39, 0.29) is 0 Å². The molecule has 0 atom stereocenters. The number of para-hydroxylation sites is 4. The first-order valence-corrected chi connectivity index (χ1v) is 27.3. The molecule has 370 valence electrons. The van der Waals surface area contributed by atoms with E-state index in [0.717, 1.165) is 99.6 Å². The Balaban J connectivity index is 0.872. The highest BCUT2D eigenvalue weighted by Crippen LogP contribution is 2.49. The molecule has 0 saturated carbocycles. The summed E-state index contributed by atoms with van der Waals surface area (Å²) in [6.45, 7) is 0. The van der Waals surface area contributed by atoms with E-state index >= 15 is 0 Å². The zero-order valence-corrected chi connectivity index (χ0v) is 43.0. The van der Waals surface area contributed by atoms with Crippen LogP contribution in [-0.2, 0) is 0 Å². The minimum Gasteiger partial charge on any atom is -0.456 e. The Bertz CT molecular complexity index is 5640. The number of hydrogen-bond donors (Lipinski definition) is 0. The summed E-state index contributed by atoms with van der Waals surface area (Å²) in [6.07, 6.45) is 3.85. The standard InChI is InChI=1S/C75H43N3O2/c1-2-16-50-46(14-1)36-57(47-15-13-35-76-43-47)59-38-65-64(37-58(50)59)74(44-27-31-48(32-28-44)77-66-23-9-5-17-51(66)60-39-62-53-19-7-11-25-70(53)79-72(62)41-68(60)77)55-21-3-4-22-56(55)75(65)45-29-33-49(34-30-45)78-67-24-10-6-18-52(67)61-40-63-54-20-8-12-26-71(54)80-73(63)42-69(61)78/h1-43H. The molecule has 0 aliphatic heterocycles. The Kier molecular flexibility index (Phi) is 8.88. The molecule has 0 spiro atoms. The third kappa shape index (κ3) is 6.14. The van der Waals surface area contributed by atoms with E-state index < -0.39 is 0 Å². The fraction of sp³-hybridized carbons (Fsp3) is 0. The fourth-order valence-electron chi connectivity index (χ4n) is 13.6. The van der Waals surface area contributed by atoms with Crippen molar-refractivity contribution >= 4 is 131 Å². The molecule has 0 saturated heterocycles. The predicted octanol–water partition coefficient (Wildman–Crippen LogP) is 20.7. The first-order chi connectivity index (χ1) is 39.7. The minimum absolute atomic E-state index is 0.883.